The summed E-state index contributed by atoms with van der Waals surface area (Å²) in [6.07, 6.45) is 8.77. The summed E-state index contributed by atoms with van der Waals surface area (Å²) in [5.74, 6) is 6.82. The third-order valence-corrected chi connectivity index (χ3v) is 5.05. The number of aromatic nitrogens is 4. The van der Waals surface area contributed by atoms with Crippen LogP contribution in [0.4, 0.5) is 0 Å². The van der Waals surface area contributed by atoms with Gasteiger partial charge in [0.2, 0.25) is 16.9 Å². The van der Waals surface area contributed by atoms with E-state index in [1.807, 2.05) is 18.2 Å². The Morgan fingerprint density at radius 1 is 1.25 bits per heavy atom. The Bertz CT molecular complexity index is 666. The lowest BCUT2D eigenvalue weighted by Crippen LogP contribution is -2.35. The van der Waals surface area contributed by atoms with Crippen molar-refractivity contribution in [2.45, 2.75) is 49.7 Å². The smallest absolute Gasteiger partial charge is 0.230 e. The van der Waals surface area contributed by atoms with Crippen LogP contribution in [-0.2, 0) is 4.79 Å². The molecule has 3 rings (SSSR count). The van der Waals surface area contributed by atoms with Gasteiger partial charge in [-0.25, -0.2) is 4.68 Å². The van der Waals surface area contributed by atoms with E-state index < -0.39 is 0 Å². The SMILES string of the molecule is Nn1c(SCC(=O)NC2CCCCCC2)nnc1-c1ccccn1. The molecule has 1 fully saturated rings. The first-order valence-corrected chi connectivity index (χ1v) is 9.26. The second kappa shape index (κ2) is 8.14. The molecule has 0 aromatic carbocycles. The summed E-state index contributed by atoms with van der Waals surface area (Å²) in [7, 11) is 0. The van der Waals surface area contributed by atoms with Gasteiger partial charge < -0.3 is 11.2 Å². The predicted octanol–water partition coefficient (Wildman–Crippen LogP) is 1.98. The number of nitrogen functional groups attached to an aromatic ring is 1. The largest absolute Gasteiger partial charge is 0.353 e. The summed E-state index contributed by atoms with van der Waals surface area (Å²) >= 11 is 1.29. The molecule has 1 aliphatic carbocycles. The van der Waals surface area contributed by atoms with Crippen molar-refractivity contribution in [2.75, 3.05) is 11.6 Å². The van der Waals surface area contributed by atoms with Crippen LogP contribution in [0.1, 0.15) is 38.5 Å². The van der Waals surface area contributed by atoms with Crippen molar-refractivity contribution >= 4 is 17.7 Å². The lowest BCUT2D eigenvalue weighted by Gasteiger charge is -2.15. The lowest BCUT2D eigenvalue weighted by atomic mass is 10.1. The van der Waals surface area contributed by atoms with Gasteiger partial charge in [-0.3, -0.25) is 9.78 Å². The van der Waals surface area contributed by atoms with E-state index in [2.05, 4.69) is 20.5 Å². The Morgan fingerprint density at radius 3 is 2.75 bits per heavy atom. The minimum atomic E-state index is 0.0225. The number of carbonyl (C=O) groups is 1. The molecule has 0 unspecified atom stereocenters. The second-order valence-electron chi connectivity index (χ2n) is 5.94. The number of nitrogens with one attached hydrogen (secondary N) is 1. The summed E-state index contributed by atoms with van der Waals surface area (Å²) in [5.41, 5.74) is 0.655. The van der Waals surface area contributed by atoms with Crippen molar-refractivity contribution in [2.24, 2.45) is 0 Å². The highest BCUT2D eigenvalue weighted by Crippen LogP contribution is 2.20. The third-order valence-electron chi connectivity index (χ3n) is 4.11. The molecule has 2 heterocycles. The first-order valence-electron chi connectivity index (χ1n) is 8.28. The Kier molecular flexibility index (Phi) is 5.68. The van der Waals surface area contributed by atoms with Gasteiger partial charge in [0, 0.05) is 12.2 Å². The van der Waals surface area contributed by atoms with E-state index >= 15 is 0 Å². The molecule has 128 valence electrons. The van der Waals surface area contributed by atoms with Gasteiger partial charge in [-0.2, -0.15) is 0 Å². The maximum Gasteiger partial charge on any atom is 0.230 e. The van der Waals surface area contributed by atoms with Gasteiger partial charge in [0.25, 0.3) is 0 Å². The van der Waals surface area contributed by atoms with E-state index in [1.165, 1.54) is 42.1 Å². The Labute approximate surface area is 145 Å². The normalized spacial score (nSPS) is 15.8. The van der Waals surface area contributed by atoms with Crippen molar-refractivity contribution in [1.82, 2.24) is 25.2 Å². The Balaban J connectivity index is 1.55. The third kappa shape index (κ3) is 4.25. The molecule has 1 saturated carbocycles. The van der Waals surface area contributed by atoms with E-state index in [-0.39, 0.29) is 11.7 Å². The van der Waals surface area contributed by atoms with Gasteiger partial charge >= 0.3 is 0 Å². The second-order valence-corrected chi connectivity index (χ2v) is 6.88. The number of amides is 1. The topological polar surface area (TPSA) is 98.7 Å². The van der Waals surface area contributed by atoms with Crippen LogP contribution in [0.5, 0.6) is 0 Å². The number of thioether (sulfide) groups is 1. The van der Waals surface area contributed by atoms with Gasteiger partial charge in [-0.05, 0) is 25.0 Å². The van der Waals surface area contributed by atoms with Crippen LogP contribution in [0.3, 0.4) is 0 Å². The number of pyridine rings is 1. The van der Waals surface area contributed by atoms with E-state index in [0.717, 1.165) is 12.8 Å². The highest BCUT2D eigenvalue weighted by Gasteiger charge is 2.17. The van der Waals surface area contributed by atoms with Crippen LogP contribution in [0, 0.1) is 0 Å². The molecule has 1 amide bonds. The number of carbonyl (C=O) groups excluding carboxylic acids is 1. The number of hydrogen-bond donors (Lipinski definition) is 2. The average Bonchev–Trinajstić information content (AvgIpc) is 2.79. The molecule has 2 aromatic rings. The Morgan fingerprint density at radius 2 is 2.04 bits per heavy atom. The fraction of sp³-hybridized carbons (Fsp3) is 0.500. The lowest BCUT2D eigenvalue weighted by molar-refractivity contribution is -0.119. The van der Waals surface area contributed by atoms with Crippen LogP contribution in [0.2, 0.25) is 0 Å². The molecule has 3 N–H and O–H groups in total. The van der Waals surface area contributed by atoms with Crippen LogP contribution < -0.4 is 11.2 Å². The fourth-order valence-electron chi connectivity index (χ4n) is 2.87. The zero-order valence-corrected chi connectivity index (χ0v) is 14.3. The number of hydrogen-bond acceptors (Lipinski definition) is 6. The zero-order valence-electron chi connectivity index (χ0n) is 13.5. The molecule has 2 aromatic heterocycles. The molecule has 0 aliphatic heterocycles. The molecule has 0 bridgehead atoms. The predicted molar refractivity (Wildman–Crippen MR) is 93.8 cm³/mol. The Hall–Kier alpha value is -2.09. The van der Waals surface area contributed by atoms with Crippen LogP contribution >= 0.6 is 11.8 Å². The quantitative estimate of drug-likeness (QED) is 0.488. The maximum atomic E-state index is 12.1. The summed E-state index contributed by atoms with van der Waals surface area (Å²) in [6.45, 7) is 0. The molecule has 1 aliphatic rings. The molecule has 8 heteroatoms. The van der Waals surface area contributed by atoms with E-state index in [1.54, 1.807) is 6.20 Å². The summed E-state index contributed by atoms with van der Waals surface area (Å²) in [6, 6.07) is 5.82. The minimum absolute atomic E-state index is 0.0225. The minimum Gasteiger partial charge on any atom is -0.353 e. The fourth-order valence-corrected chi connectivity index (χ4v) is 3.54. The first kappa shape index (κ1) is 16.8. The van der Waals surface area contributed by atoms with Crippen molar-refractivity contribution in [3.63, 3.8) is 0 Å². The van der Waals surface area contributed by atoms with Crippen molar-refractivity contribution in [3.05, 3.63) is 24.4 Å². The molecular formula is C16H22N6OS. The van der Waals surface area contributed by atoms with E-state index in [4.69, 9.17) is 5.84 Å². The highest BCUT2D eigenvalue weighted by atomic mass is 32.2. The van der Waals surface area contributed by atoms with Gasteiger partial charge in [0.1, 0.15) is 5.69 Å². The highest BCUT2D eigenvalue weighted by molar-refractivity contribution is 7.99. The molecular weight excluding hydrogens is 324 g/mol. The molecule has 7 nitrogen and oxygen atoms in total. The molecule has 0 saturated heterocycles. The first-order chi connectivity index (χ1) is 11.7. The van der Waals surface area contributed by atoms with Crippen LogP contribution in [-0.4, -0.2) is 37.6 Å². The summed E-state index contributed by atoms with van der Waals surface area (Å²) in [5, 5.41) is 11.7. The van der Waals surface area contributed by atoms with Crippen LogP contribution in [0.15, 0.2) is 29.6 Å². The summed E-state index contributed by atoms with van der Waals surface area (Å²) < 4.78 is 1.38. The van der Waals surface area contributed by atoms with E-state index in [9.17, 15) is 4.79 Å². The number of nitrogens with two attached hydrogens (primary N) is 1. The maximum absolute atomic E-state index is 12.1. The van der Waals surface area contributed by atoms with Gasteiger partial charge in [-0.15, -0.1) is 10.2 Å². The van der Waals surface area contributed by atoms with Gasteiger partial charge in [0.15, 0.2) is 0 Å². The number of nitrogens with zero attached hydrogens (tertiary/aromatic N) is 4. The van der Waals surface area contributed by atoms with Gasteiger partial charge in [-0.1, -0.05) is 43.5 Å². The molecule has 24 heavy (non-hydrogen) atoms. The molecule has 0 radical (unpaired) electrons. The molecule has 0 atom stereocenters. The summed E-state index contributed by atoms with van der Waals surface area (Å²) in [4.78, 5) is 16.4. The van der Waals surface area contributed by atoms with Gasteiger partial charge in [0.05, 0.1) is 5.75 Å². The van der Waals surface area contributed by atoms with Crippen molar-refractivity contribution in [1.29, 1.82) is 0 Å². The standard InChI is InChI=1S/C16H22N6OS/c17-22-15(13-9-5-6-10-18-13)20-21-16(22)24-11-14(23)19-12-7-3-1-2-4-8-12/h5-6,9-10,12H,1-4,7-8,11,17H2,(H,19,23). The monoisotopic (exact) mass is 346 g/mol. The number of rotatable bonds is 5. The zero-order chi connectivity index (χ0) is 16.8. The van der Waals surface area contributed by atoms with E-state index in [0.29, 0.717) is 22.7 Å². The molecule has 0 spiro atoms. The van der Waals surface area contributed by atoms with Crippen molar-refractivity contribution < 1.29 is 4.79 Å². The van der Waals surface area contributed by atoms with Crippen LogP contribution in [0.25, 0.3) is 11.5 Å². The average molecular weight is 346 g/mol. The van der Waals surface area contributed by atoms with Crippen molar-refractivity contribution in [3.8, 4) is 11.5 Å².